The number of Topliss-reactive ketones (excluding diaryl/α,β-unsaturated/α-hetero) is 1. The molecular formula is C28H33ClN4O3. The van der Waals surface area contributed by atoms with Crippen LogP contribution in [0.3, 0.4) is 0 Å². The number of carbonyl (C=O) groups excluding carboxylic acids is 1. The minimum atomic E-state index is -0.340. The van der Waals surface area contributed by atoms with E-state index < -0.39 is 0 Å². The zero-order chi connectivity index (χ0) is 25.3. The molecule has 36 heavy (non-hydrogen) atoms. The van der Waals surface area contributed by atoms with Crippen molar-refractivity contribution in [3.63, 3.8) is 0 Å². The number of nitrogens with one attached hydrogen (secondary N) is 1. The normalized spacial score (nSPS) is 28.3. The minimum absolute atomic E-state index is 0.194. The maximum atomic E-state index is 13.0. The highest BCUT2D eigenvalue weighted by Crippen LogP contribution is 2.67. The van der Waals surface area contributed by atoms with Crippen molar-refractivity contribution in [3.05, 3.63) is 40.7 Å². The molecule has 1 aromatic heterocycles. The van der Waals surface area contributed by atoms with E-state index in [1.165, 1.54) is 0 Å². The second-order valence-electron chi connectivity index (χ2n) is 11.3. The summed E-state index contributed by atoms with van der Waals surface area (Å²) in [5.41, 5.74) is 4.58. The molecule has 0 spiro atoms. The number of ketones is 1. The maximum absolute atomic E-state index is 13.0. The third kappa shape index (κ3) is 3.25. The van der Waals surface area contributed by atoms with Crippen molar-refractivity contribution < 1.29 is 14.3 Å². The van der Waals surface area contributed by atoms with E-state index in [2.05, 4.69) is 54.2 Å². The number of ether oxygens (including phenoxy) is 2. The Morgan fingerprint density at radius 1 is 1.17 bits per heavy atom. The number of pyridine rings is 1. The number of aliphatic imine (C=N–C) groups is 1. The average Bonchev–Trinajstić information content (AvgIpc) is 3.44. The molecule has 190 valence electrons. The third-order valence-electron chi connectivity index (χ3n) is 9.61. The van der Waals surface area contributed by atoms with Crippen LogP contribution in [-0.4, -0.2) is 55.4 Å². The molecule has 2 bridgehead atoms. The number of anilines is 2. The minimum Gasteiger partial charge on any atom is -0.496 e. The van der Waals surface area contributed by atoms with Crippen LogP contribution in [0, 0.1) is 10.8 Å². The molecule has 4 aliphatic rings. The van der Waals surface area contributed by atoms with E-state index in [0.717, 1.165) is 78.9 Å². The van der Waals surface area contributed by atoms with Crippen LogP contribution in [0.1, 0.15) is 51.3 Å². The Morgan fingerprint density at radius 2 is 1.94 bits per heavy atom. The first-order valence-corrected chi connectivity index (χ1v) is 13.1. The van der Waals surface area contributed by atoms with Crippen LogP contribution < -0.4 is 15.0 Å². The number of methoxy groups -OCH3 is 1. The van der Waals surface area contributed by atoms with E-state index in [1.54, 1.807) is 13.3 Å². The molecule has 8 heteroatoms. The number of benzene rings is 1. The van der Waals surface area contributed by atoms with Crippen molar-refractivity contribution in [1.82, 2.24) is 4.98 Å². The monoisotopic (exact) mass is 508 g/mol. The molecule has 2 atom stereocenters. The second kappa shape index (κ2) is 8.18. The molecule has 1 aromatic carbocycles. The van der Waals surface area contributed by atoms with Gasteiger partial charge in [-0.1, -0.05) is 32.4 Å². The molecule has 7 nitrogen and oxygen atoms in total. The van der Waals surface area contributed by atoms with Gasteiger partial charge in [0.05, 0.1) is 48.0 Å². The van der Waals surface area contributed by atoms with Crippen LogP contribution in [-0.2, 0) is 16.0 Å². The zero-order valence-electron chi connectivity index (χ0n) is 21.4. The van der Waals surface area contributed by atoms with Crippen LogP contribution in [0.15, 0.2) is 29.4 Å². The number of fused-ring (bicyclic) bond motifs is 3. The van der Waals surface area contributed by atoms with Gasteiger partial charge >= 0.3 is 0 Å². The SMILES string of the molecule is COc1cc(N2CCOCC2)ccc1C1=Nc2c(ncc(Cl)c2NC23CCC(C)(C(=O)C2)C3(C)C)C1. The lowest BCUT2D eigenvalue weighted by Gasteiger charge is -2.41. The van der Waals surface area contributed by atoms with Crippen molar-refractivity contribution in [3.8, 4) is 5.75 Å². The predicted molar refractivity (Wildman–Crippen MR) is 142 cm³/mol. The Labute approximate surface area is 217 Å². The topological polar surface area (TPSA) is 76.1 Å². The van der Waals surface area contributed by atoms with Gasteiger partial charge in [-0.05, 0) is 25.0 Å². The molecule has 3 heterocycles. The van der Waals surface area contributed by atoms with Crippen molar-refractivity contribution in [2.24, 2.45) is 15.8 Å². The summed E-state index contributed by atoms with van der Waals surface area (Å²) in [6, 6.07) is 6.29. The van der Waals surface area contributed by atoms with Crippen LogP contribution in [0.25, 0.3) is 0 Å². The van der Waals surface area contributed by atoms with E-state index in [-0.39, 0.29) is 16.4 Å². The molecule has 2 aromatic rings. The van der Waals surface area contributed by atoms with Gasteiger partial charge in [0.15, 0.2) is 0 Å². The lowest BCUT2D eigenvalue weighted by molar-refractivity contribution is -0.128. The molecule has 6 rings (SSSR count). The largest absolute Gasteiger partial charge is 0.496 e. The molecule has 2 aliphatic heterocycles. The van der Waals surface area contributed by atoms with Crippen molar-refractivity contribution in [1.29, 1.82) is 0 Å². The van der Waals surface area contributed by atoms with E-state index in [0.29, 0.717) is 23.6 Å². The van der Waals surface area contributed by atoms with Gasteiger partial charge in [0.1, 0.15) is 17.2 Å². The zero-order valence-corrected chi connectivity index (χ0v) is 22.2. The number of morpholine rings is 1. The summed E-state index contributed by atoms with van der Waals surface area (Å²) < 4.78 is 11.3. The Balaban J connectivity index is 1.35. The van der Waals surface area contributed by atoms with Gasteiger partial charge < -0.3 is 19.7 Å². The smallest absolute Gasteiger partial charge is 0.141 e. The average molecular weight is 509 g/mol. The number of halogens is 1. The van der Waals surface area contributed by atoms with E-state index in [9.17, 15) is 4.79 Å². The molecule has 2 saturated carbocycles. The maximum Gasteiger partial charge on any atom is 0.141 e. The number of carbonyl (C=O) groups is 1. The van der Waals surface area contributed by atoms with Gasteiger partial charge in [0.2, 0.25) is 0 Å². The molecule has 2 aliphatic carbocycles. The van der Waals surface area contributed by atoms with Gasteiger partial charge in [-0.3, -0.25) is 9.78 Å². The summed E-state index contributed by atoms with van der Waals surface area (Å²) in [7, 11) is 1.70. The fraction of sp³-hybridized carbons (Fsp3) is 0.536. The summed E-state index contributed by atoms with van der Waals surface area (Å²) >= 11 is 6.72. The molecule has 1 saturated heterocycles. The third-order valence-corrected chi connectivity index (χ3v) is 9.89. The highest BCUT2D eigenvalue weighted by Gasteiger charge is 2.70. The fourth-order valence-electron chi connectivity index (χ4n) is 6.70. The highest BCUT2D eigenvalue weighted by atomic mass is 35.5. The fourth-order valence-corrected chi connectivity index (χ4v) is 6.88. The van der Waals surface area contributed by atoms with E-state index in [1.807, 2.05) is 0 Å². The summed E-state index contributed by atoms with van der Waals surface area (Å²) in [5.74, 6) is 1.13. The second-order valence-corrected chi connectivity index (χ2v) is 11.7. The van der Waals surface area contributed by atoms with Crippen LogP contribution >= 0.6 is 11.6 Å². The lowest BCUT2D eigenvalue weighted by Crippen LogP contribution is -2.46. The van der Waals surface area contributed by atoms with Gasteiger partial charge in [-0.15, -0.1) is 0 Å². The number of aromatic nitrogens is 1. The molecule has 1 N–H and O–H groups in total. The molecule has 3 fully saturated rings. The van der Waals surface area contributed by atoms with Gasteiger partial charge in [0.25, 0.3) is 0 Å². The standard InChI is InChI=1S/C28H33ClN4O3/c1-26(2)27(3)7-8-28(26,15-23(27)34)32-24-19(29)16-30-21-14-20(31-25(21)24)18-6-5-17(13-22(18)35-4)33-9-11-36-12-10-33/h5-6,13,16H,7-12,14-15H2,1-4H3,(H,30,32). The van der Waals surface area contributed by atoms with Crippen molar-refractivity contribution >= 4 is 40.2 Å². The number of hydrogen-bond donors (Lipinski definition) is 1. The lowest BCUT2D eigenvalue weighted by atomic mass is 9.68. The first-order chi connectivity index (χ1) is 17.2. The quantitative estimate of drug-likeness (QED) is 0.597. The van der Waals surface area contributed by atoms with E-state index in [4.69, 9.17) is 26.1 Å². The van der Waals surface area contributed by atoms with Crippen molar-refractivity contribution in [2.45, 2.75) is 52.0 Å². The van der Waals surface area contributed by atoms with Crippen LogP contribution in [0.2, 0.25) is 5.02 Å². The van der Waals surface area contributed by atoms with Gasteiger partial charge in [0, 0.05) is 60.3 Å². The first kappa shape index (κ1) is 23.7. The Hall–Kier alpha value is -2.64. The number of hydrogen-bond acceptors (Lipinski definition) is 7. The molecular weight excluding hydrogens is 476 g/mol. The van der Waals surface area contributed by atoms with Crippen molar-refractivity contribution in [2.75, 3.05) is 43.6 Å². The Morgan fingerprint density at radius 3 is 2.61 bits per heavy atom. The first-order valence-electron chi connectivity index (χ1n) is 12.8. The summed E-state index contributed by atoms with van der Waals surface area (Å²) in [4.78, 5) is 25.0. The highest BCUT2D eigenvalue weighted by molar-refractivity contribution is 6.34. The van der Waals surface area contributed by atoms with Crippen LogP contribution in [0.5, 0.6) is 5.75 Å². The summed E-state index contributed by atoms with van der Waals surface area (Å²) in [5, 5.41) is 4.30. The number of rotatable bonds is 5. The molecule has 0 radical (unpaired) electrons. The number of nitrogens with zero attached hydrogens (tertiary/aromatic N) is 3. The van der Waals surface area contributed by atoms with Gasteiger partial charge in [-0.2, -0.15) is 0 Å². The van der Waals surface area contributed by atoms with Crippen LogP contribution in [0.4, 0.5) is 17.1 Å². The molecule has 0 amide bonds. The Kier molecular flexibility index (Phi) is 5.40. The molecule has 2 unspecified atom stereocenters. The summed E-state index contributed by atoms with van der Waals surface area (Å²) in [6.45, 7) is 9.74. The van der Waals surface area contributed by atoms with Gasteiger partial charge in [-0.25, -0.2) is 4.99 Å². The van der Waals surface area contributed by atoms with E-state index >= 15 is 0 Å². The Bertz CT molecular complexity index is 1290. The summed E-state index contributed by atoms with van der Waals surface area (Å²) in [6.07, 6.45) is 4.63. The predicted octanol–water partition coefficient (Wildman–Crippen LogP) is 5.21.